The number of carbonyl (C=O) groups is 2. The van der Waals surface area contributed by atoms with Crippen molar-refractivity contribution in [2.24, 2.45) is 5.92 Å². The highest BCUT2D eigenvalue weighted by atomic mass is 35.5. The molecule has 1 aliphatic heterocycles. The van der Waals surface area contributed by atoms with Crippen LogP contribution in [0.15, 0.2) is 24.3 Å². The van der Waals surface area contributed by atoms with E-state index in [1.54, 1.807) is 24.3 Å². The predicted octanol–water partition coefficient (Wildman–Crippen LogP) is 1.87. The van der Waals surface area contributed by atoms with Gasteiger partial charge in [-0.3, -0.25) is 9.59 Å². The average molecular weight is 254 g/mol. The number of para-hydroxylation sites is 1. The van der Waals surface area contributed by atoms with E-state index >= 15 is 0 Å². The standard InChI is InChI=1S/C12H12ClNO3/c1-17-12(16)8-6-11(15)14(7-8)10-5-3-2-4-9(10)13/h2-5,8H,6-7H2,1H3. The summed E-state index contributed by atoms with van der Waals surface area (Å²) in [6.45, 7) is 0.329. The van der Waals surface area contributed by atoms with Crippen molar-refractivity contribution in [3.8, 4) is 0 Å². The third-order valence-electron chi connectivity index (χ3n) is 2.80. The largest absolute Gasteiger partial charge is 0.469 e. The van der Waals surface area contributed by atoms with Crippen molar-refractivity contribution in [3.63, 3.8) is 0 Å². The molecule has 1 aromatic carbocycles. The first-order chi connectivity index (χ1) is 8.13. The number of amides is 1. The van der Waals surface area contributed by atoms with Gasteiger partial charge in [0, 0.05) is 13.0 Å². The van der Waals surface area contributed by atoms with Crippen LogP contribution >= 0.6 is 11.6 Å². The maximum absolute atomic E-state index is 11.8. The molecule has 0 aromatic heterocycles. The molecule has 0 N–H and O–H groups in total. The molecule has 0 aliphatic carbocycles. The molecule has 0 spiro atoms. The smallest absolute Gasteiger partial charge is 0.311 e. The third-order valence-corrected chi connectivity index (χ3v) is 3.12. The Bertz CT molecular complexity index is 461. The fraction of sp³-hybridized carbons (Fsp3) is 0.333. The van der Waals surface area contributed by atoms with E-state index in [-0.39, 0.29) is 18.3 Å². The quantitative estimate of drug-likeness (QED) is 0.756. The van der Waals surface area contributed by atoms with Crippen LogP contribution in [-0.4, -0.2) is 25.5 Å². The Morgan fingerprint density at radius 3 is 2.82 bits per heavy atom. The van der Waals surface area contributed by atoms with Crippen LogP contribution in [0.3, 0.4) is 0 Å². The van der Waals surface area contributed by atoms with Crippen LogP contribution in [0.5, 0.6) is 0 Å². The number of anilines is 1. The van der Waals surface area contributed by atoms with Gasteiger partial charge in [0.05, 0.1) is 23.7 Å². The molecule has 0 saturated carbocycles. The Morgan fingerprint density at radius 1 is 1.47 bits per heavy atom. The van der Waals surface area contributed by atoms with Crippen LogP contribution in [0.25, 0.3) is 0 Å². The number of rotatable bonds is 2. The summed E-state index contributed by atoms with van der Waals surface area (Å²) < 4.78 is 4.65. The minimum absolute atomic E-state index is 0.103. The summed E-state index contributed by atoms with van der Waals surface area (Å²) in [4.78, 5) is 24.7. The van der Waals surface area contributed by atoms with Crippen molar-refractivity contribution < 1.29 is 14.3 Å². The van der Waals surface area contributed by atoms with Gasteiger partial charge in [-0.05, 0) is 12.1 Å². The Kier molecular flexibility index (Phi) is 3.33. The lowest BCUT2D eigenvalue weighted by atomic mass is 10.1. The van der Waals surface area contributed by atoms with Crippen molar-refractivity contribution in [2.75, 3.05) is 18.6 Å². The highest BCUT2D eigenvalue weighted by molar-refractivity contribution is 6.33. The average Bonchev–Trinajstić information content (AvgIpc) is 2.71. The van der Waals surface area contributed by atoms with Gasteiger partial charge in [-0.1, -0.05) is 23.7 Å². The summed E-state index contributed by atoms with van der Waals surface area (Å²) in [7, 11) is 1.32. The zero-order chi connectivity index (χ0) is 12.4. The van der Waals surface area contributed by atoms with E-state index in [2.05, 4.69) is 4.74 Å². The number of carbonyl (C=O) groups excluding carboxylic acids is 2. The van der Waals surface area contributed by atoms with Crippen molar-refractivity contribution >= 4 is 29.2 Å². The van der Waals surface area contributed by atoms with Gasteiger partial charge in [-0.15, -0.1) is 0 Å². The molecule has 5 heteroatoms. The zero-order valence-electron chi connectivity index (χ0n) is 9.35. The number of methoxy groups -OCH3 is 1. The van der Waals surface area contributed by atoms with Crippen molar-refractivity contribution in [1.29, 1.82) is 0 Å². The van der Waals surface area contributed by atoms with Gasteiger partial charge in [-0.25, -0.2) is 0 Å². The number of ether oxygens (including phenoxy) is 1. The number of benzene rings is 1. The van der Waals surface area contributed by atoms with Gasteiger partial charge in [-0.2, -0.15) is 0 Å². The Morgan fingerprint density at radius 2 is 2.18 bits per heavy atom. The molecule has 2 rings (SSSR count). The maximum atomic E-state index is 11.8. The summed E-state index contributed by atoms with van der Waals surface area (Å²) in [6.07, 6.45) is 0.178. The molecule has 1 atom stereocenters. The normalized spacial score (nSPS) is 19.5. The number of halogens is 1. The molecule has 17 heavy (non-hydrogen) atoms. The summed E-state index contributed by atoms with van der Waals surface area (Å²) >= 11 is 6.02. The van der Waals surface area contributed by atoms with Crippen LogP contribution in [0, 0.1) is 5.92 Å². The van der Waals surface area contributed by atoms with Gasteiger partial charge in [0.2, 0.25) is 5.91 Å². The van der Waals surface area contributed by atoms with Crippen molar-refractivity contribution in [2.45, 2.75) is 6.42 Å². The fourth-order valence-corrected chi connectivity index (χ4v) is 2.17. The summed E-state index contributed by atoms with van der Waals surface area (Å²) in [5.41, 5.74) is 0.644. The monoisotopic (exact) mass is 253 g/mol. The third kappa shape index (κ3) is 2.26. The molecule has 1 aliphatic rings. The van der Waals surface area contributed by atoms with E-state index in [1.807, 2.05) is 0 Å². The molecule has 4 nitrogen and oxygen atoms in total. The first kappa shape index (κ1) is 11.9. The molecule has 0 radical (unpaired) electrons. The molecule has 1 saturated heterocycles. The van der Waals surface area contributed by atoms with Crippen LogP contribution in [0.1, 0.15) is 6.42 Å². The lowest BCUT2D eigenvalue weighted by Crippen LogP contribution is -2.26. The van der Waals surface area contributed by atoms with Gasteiger partial charge in [0.25, 0.3) is 0 Å². The second-order valence-electron chi connectivity index (χ2n) is 3.88. The minimum Gasteiger partial charge on any atom is -0.469 e. The summed E-state index contributed by atoms with van der Waals surface area (Å²) in [6, 6.07) is 7.08. The maximum Gasteiger partial charge on any atom is 0.311 e. The highest BCUT2D eigenvalue weighted by Gasteiger charge is 2.36. The second-order valence-corrected chi connectivity index (χ2v) is 4.29. The van der Waals surface area contributed by atoms with Crippen LogP contribution in [0.2, 0.25) is 5.02 Å². The molecular formula is C12H12ClNO3. The van der Waals surface area contributed by atoms with E-state index in [9.17, 15) is 9.59 Å². The van der Waals surface area contributed by atoms with Gasteiger partial charge < -0.3 is 9.64 Å². The summed E-state index contributed by atoms with van der Waals surface area (Å²) in [5.74, 6) is -0.856. The predicted molar refractivity (Wildman–Crippen MR) is 63.9 cm³/mol. The van der Waals surface area contributed by atoms with Crippen molar-refractivity contribution in [3.05, 3.63) is 29.3 Å². The molecule has 1 amide bonds. The van der Waals surface area contributed by atoms with E-state index in [0.29, 0.717) is 17.3 Å². The van der Waals surface area contributed by atoms with Gasteiger partial charge in [0.1, 0.15) is 0 Å². The molecule has 0 bridgehead atoms. The topological polar surface area (TPSA) is 46.6 Å². The van der Waals surface area contributed by atoms with Crippen LogP contribution in [-0.2, 0) is 14.3 Å². The van der Waals surface area contributed by atoms with Crippen LogP contribution in [0.4, 0.5) is 5.69 Å². The SMILES string of the molecule is COC(=O)C1CC(=O)N(c2ccccc2Cl)C1. The molecule has 90 valence electrons. The highest BCUT2D eigenvalue weighted by Crippen LogP contribution is 2.31. The first-order valence-electron chi connectivity index (χ1n) is 5.26. The van der Waals surface area contributed by atoms with Crippen molar-refractivity contribution in [1.82, 2.24) is 0 Å². The Labute approximate surface area is 104 Å². The lowest BCUT2D eigenvalue weighted by Gasteiger charge is -2.17. The van der Waals surface area contributed by atoms with E-state index < -0.39 is 5.92 Å². The van der Waals surface area contributed by atoms with Gasteiger partial charge >= 0.3 is 5.97 Å². The molecular weight excluding hydrogens is 242 g/mol. The second kappa shape index (κ2) is 4.75. The number of esters is 1. The molecule has 1 aromatic rings. The molecule has 1 unspecified atom stereocenters. The minimum atomic E-state index is -0.399. The Hall–Kier alpha value is -1.55. The fourth-order valence-electron chi connectivity index (χ4n) is 1.94. The number of hydrogen-bond donors (Lipinski definition) is 0. The first-order valence-corrected chi connectivity index (χ1v) is 5.64. The molecule has 1 fully saturated rings. The van der Waals surface area contributed by atoms with Crippen LogP contribution < -0.4 is 4.90 Å². The van der Waals surface area contributed by atoms with Gasteiger partial charge in [0.15, 0.2) is 0 Å². The number of hydrogen-bond acceptors (Lipinski definition) is 3. The van der Waals surface area contributed by atoms with E-state index in [4.69, 9.17) is 11.6 Å². The lowest BCUT2D eigenvalue weighted by molar-refractivity contribution is -0.145. The Balaban J connectivity index is 2.22. The zero-order valence-corrected chi connectivity index (χ0v) is 10.1. The summed E-state index contributed by atoms with van der Waals surface area (Å²) in [5, 5.41) is 0.506. The van der Waals surface area contributed by atoms with E-state index in [0.717, 1.165) is 0 Å². The molecule has 1 heterocycles. The van der Waals surface area contributed by atoms with E-state index in [1.165, 1.54) is 12.0 Å². The number of nitrogens with zero attached hydrogens (tertiary/aromatic N) is 1.